The van der Waals surface area contributed by atoms with Gasteiger partial charge in [-0.3, -0.25) is 0 Å². The van der Waals surface area contributed by atoms with E-state index in [-0.39, 0.29) is 18.3 Å². The van der Waals surface area contributed by atoms with Crippen LogP contribution in [0.2, 0.25) is 0 Å². The molecule has 1 aliphatic rings. The monoisotopic (exact) mass is 464 g/mol. The summed E-state index contributed by atoms with van der Waals surface area (Å²) in [6, 6.07) is 16.6. The zero-order valence-corrected chi connectivity index (χ0v) is 18.2. The highest BCUT2D eigenvalue weighted by atomic mass is 127. The third kappa shape index (κ3) is 4.26. The second kappa shape index (κ2) is 7.53. The van der Waals surface area contributed by atoms with Crippen LogP contribution >= 0.6 is 22.6 Å². The van der Waals surface area contributed by atoms with Crippen molar-refractivity contribution in [1.82, 2.24) is 0 Å². The Morgan fingerprint density at radius 3 is 1.96 bits per heavy atom. The molecule has 0 N–H and O–H groups in total. The molecule has 1 saturated heterocycles. The topological polar surface area (TPSA) is 27.7 Å². The molecule has 0 spiro atoms. The molecule has 138 valence electrons. The predicted molar refractivity (Wildman–Crippen MR) is 115 cm³/mol. The van der Waals surface area contributed by atoms with Crippen LogP contribution in [0, 0.1) is 0 Å². The van der Waals surface area contributed by atoms with E-state index in [0.29, 0.717) is 10.5 Å². The van der Waals surface area contributed by atoms with Crippen molar-refractivity contribution < 1.29 is 14.0 Å². The summed E-state index contributed by atoms with van der Waals surface area (Å²) in [5.41, 5.74) is 2.83. The van der Waals surface area contributed by atoms with Gasteiger partial charge in [0.15, 0.2) is 0 Å². The molecule has 0 bridgehead atoms. The number of alkyl halides is 1. The average molecular weight is 464 g/mol. The molecule has 0 amide bonds. The lowest BCUT2D eigenvalue weighted by atomic mass is 9.79. The summed E-state index contributed by atoms with van der Waals surface area (Å²) < 4.78 is 18.6. The molecule has 0 radical (unpaired) electrons. The van der Waals surface area contributed by atoms with Gasteiger partial charge in [-0.15, -0.1) is 0 Å². The molecular weight excluding hydrogens is 438 g/mol. The third-order valence-corrected chi connectivity index (χ3v) is 5.97. The van der Waals surface area contributed by atoms with Gasteiger partial charge < -0.3 is 14.0 Å². The van der Waals surface area contributed by atoms with Crippen molar-refractivity contribution in [2.24, 2.45) is 0 Å². The molecule has 2 aromatic rings. The van der Waals surface area contributed by atoms with Gasteiger partial charge in [-0.1, -0.05) is 59.0 Å². The van der Waals surface area contributed by atoms with E-state index in [4.69, 9.17) is 14.0 Å². The average Bonchev–Trinajstić information content (AvgIpc) is 2.81. The Bertz CT molecular complexity index is 723. The van der Waals surface area contributed by atoms with Gasteiger partial charge in [-0.05, 0) is 63.3 Å². The van der Waals surface area contributed by atoms with E-state index >= 15 is 0 Å². The van der Waals surface area contributed by atoms with Crippen LogP contribution in [-0.2, 0) is 15.9 Å². The molecule has 3 nitrogen and oxygen atoms in total. The van der Waals surface area contributed by atoms with Gasteiger partial charge in [0, 0.05) is 3.92 Å². The van der Waals surface area contributed by atoms with E-state index in [1.54, 1.807) is 0 Å². The first kappa shape index (κ1) is 19.7. The zero-order valence-electron chi connectivity index (χ0n) is 16.1. The summed E-state index contributed by atoms with van der Waals surface area (Å²) in [5, 5.41) is 0. The fraction of sp³-hybridized carbons (Fsp3) is 0.429. The number of halogens is 1. The maximum Gasteiger partial charge on any atom is 0.494 e. The number of hydrogen-bond donors (Lipinski definition) is 0. The lowest BCUT2D eigenvalue weighted by molar-refractivity contribution is 0.00578. The van der Waals surface area contributed by atoms with Crippen LogP contribution in [0.4, 0.5) is 0 Å². The van der Waals surface area contributed by atoms with Gasteiger partial charge >= 0.3 is 7.12 Å². The maximum absolute atomic E-state index is 6.10. The van der Waals surface area contributed by atoms with Crippen LogP contribution in [0.1, 0.15) is 49.7 Å². The van der Waals surface area contributed by atoms with Gasteiger partial charge in [0.05, 0.1) is 11.2 Å². The largest absolute Gasteiger partial charge is 0.494 e. The summed E-state index contributed by atoms with van der Waals surface area (Å²) in [5.74, 6) is 0.890. The third-order valence-electron chi connectivity index (χ3n) is 5.25. The second-order valence-electron chi connectivity index (χ2n) is 7.80. The zero-order chi connectivity index (χ0) is 18.9. The highest BCUT2D eigenvalue weighted by molar-refractivity contribution is 14.1. The molecule has 0 aromatic heterocycles. The molecule has 1 aliphatic heterocycles. The Labute approximate surface area is 170 Å². The van der Waals surface area contributed by atoms with E-state index in [1.807, 2.05) is 12.1 Å². The van der Waals surface area contributed by atoms with Crippen LogP contribution in [0.15, 0.2) is 48.5 Å². The van der Waals surface area contributed by atoms with Gasteiger partial charge in [-0.25, -0.2) is 0 Å². The predicted octanol–water partition coefficient (Wildman–Crippen LogP) is 5.06. The number of benzene rings is 2. The van der Waals surface area contributed by atoms with Crippen molar-refractivity contribution in [3.8, 4) is 5.75 Å². The summed E-state index contributed by atoms with van der Waals surface area (Å²) in [6.07, 6.45) is 0. The highest BCUT2D eigenvalue weighted by Crippen LogP contribution is 2.36. The van der Waals surface area contributed by atoms with Crippen molar-refractivity contribution >= 4 is 35.2 Å². The van der Waals surface area contributed by atoms with Crippen LogP contribution in [-0.4, -0.2) is 18.3 Å². The summed E-state index contributed by atoms with van der Waals surface area (Å²) in [7, 11) is -0.322. The maximum atomic E-state index is 6.10. The van der Waals surface area contributed by atoms with Gasteiger partial charge in [-0.2, -0.15) is 0 Å². The lowest BCUT2D eigenvalue weighted by Crippen LogP contribution is -2.41. The quantitative estimate of drug-likeness (QED) is 0.352. The molecule has 2 aromatic carbocycles. The molecule has 5 heteroatoms. The number of rotatable bonds is 5. The molecule has 1 atom stereocenters. The highest BCUT2D eigenvalue weighted by Gasteiger charge is 2.51. The standard InChI is InChI=1S/C21H26BIO3/c1-15(23)17-8-12-19(13-9-17)24-14-16-6-10-18(11-7-16)22-25-20(2,3)21(4,5)26-22/h6-13,15H,14H2,1-5H3/t15-/m0/s1. The fourth-order valence-corrected chi connectivity index (χ4v) is 3.16. The van der Waals surface area contributed by atoms with E-state index in [0.717, 1.165) is 16.8 Å². The van der Waals surface area contributed by atoms with Gasteiger partial charge in [0.1, 0.15) is 12.4 Å². The van der Waals surface area contributed by atoms with Crippen molar-refractivity contribution in [1.29, 1.82) is 0 Å². The SMILES string of the molecule is C[C@H](I)c1ccc(OCc2ccc(B3OC(C)(C)C(C)(C)O3)cc2)cc1. The minimum atomic E-state index is -0.322. The van der Waals surface area contributed by atoms with Crippen molar-refractivity contribution in [3.63, 3.8) is 0 Å². The van der Waals surface area contributed by atoms with Crippen molar-refractivity contribution in [2.75, 3.05) is 0 Å². The Morgan fingerprint density at radius 1 is 0.923 bits per heavy atom. The second-order valence-corrected chi connectivity index (χ2v) is 9.67. The minimum absolute atomic E-state index is 0.318. The first-order chi connectivity index (χ1) is 12.2. The first-order valence-corrected chi connectivity index (χ1v) is 10.2. The smallest absolute Gasteiger partial charge is 0.489 e. The molecule has 3 rings (SSSR count). The Hall–Kier alpha value is -1.05. The summed E-state index contributed by atoms with van der Waals surface area (Å²) in [6.45, 7) is 11.0. The van der Waals surface area contributed by atoms with E-state index in [2.05, 4.69) is 93.6 Å². The lowest BCUT2D eigenvalue weighted by Gasteiger charge is -2.32. The molecule has 1 heterocycles. The van der Waals surface area contributed by atoms with Crippen LogP contribution < -0.4 is 10.2 Å². The molecule has 1 fully saturated rings. The molecule has 0 unspecified atom stereocenters. The number of hydrogen-bond acceptors (Lipinski definition) is 3. The summed E-state index contributed by atoms with van der Waals surface area (Å²) in [4.78, 5) is 0. The molecular formula is C21H26BIO3. The van der Waals surface area contributed by atoms with E-state index < -0.39 is 0 Å². The van der Waals surface area contributed by atoms with Crippen LogP contribution in [0.3, 0.4) is 0 Å². The Morgan fingerprint density at radius 2 is 1.46 bits per heavy atom. The van der Waals surface area contributed by atoms with E-state index in [9.17, 15) is 0 Å². The molecule has 0 aliphatic carbocycles. The Balaban J connectivity index is 1.60. The first-order valence-electron chi connectivity index (χ1n) is 8.99. The fourth-order valence-electron chi connectivity index (χ4n) is 2.75. The van der Waals surface area contributed by atoms with Gasteiger partial charge in [0.25, 0.3) is 0 Å². The molecule has 26 heavy (non-hydrogen) atoms. The Kier molecular flexibility index (Phi) is 5.70. The van der Waals surface area contributed by atoms with Crippen molar-refractivity contribution in [3.05, 3.63) is 59.7 Å². The van der Waals surface area contributed by atoms with Crippen LogP contribution in [0.25, 0.3) is 0 Å². The van der Waals surface area contributed by atoms with Gasteiger partial charge in [0.2, 0.25) is 0 Å². The normalized spacial score (nSPS) is 19.4. The number of ether oxygens (including phenoxy) is 1. The summed E-state index contributed by atoms with van der Waals surface area (Å²) >= 11 is 2.41. The van der Waals surface area contributed by atoms with E-state index in [1.165, 1.54) is 5.56 Å². The van der Waals surface area contributed by atoms with Crippen LogP contribution in [0.5, 0.6) is 5.75 Å². The molecule has 0 saturated carbocycles. The minimum Gasteiger partial charge on any atom is -0.489 e. The van der Waals surface area contributed by atoms with Crippen molar-refractivity contribution in [2.45, 2.75) is 56.4 Å².